The lowest BCUT2D eigenvalue weighted by atomic mass is 9.71. The first-order chi connectivity index (χ1) is 17.8. The number of halogens is 3. The van der Waals surface area contributed by atoms with Gasteiger partial charge in [0.25, 0.3) is 6.02 Å². The molecule has 2 aliphatic rings. The molecule has 1 unspecified atom stereocenters. The van der Waals surface area contributed by atoms with Gasteiger partial charge in [0, 0.05) is 5.56 Å². The fraction of sp³-hybridized carbons (Fsp3) is 0.667. The van der Waals surface area contributed by atoms with E-state index >= 15 is 13.2 Å². The lowest BCUT2D eigenvalue weighted by Crippen LogP contribution is -2.73. The first-order valence-electron chi connectivity index (χ1n) is 12.8. The average Bonchev–Trinajstić information content (AvgIpc) is 2.95. The number of esters is 2. The van der Waals surface area contributed by atoms with E-state index in [1.54, 1.807) is 27.7 Å². The molecule has 0 radical (unpaired) electrons. The molecule has 1 fully saturated rings. The first kappa shape index (κ1) is 31.7. The Morgan fingerprint density at radius 1 is 0.900 bits per heavy atom. The largest absolute Gasteiger partial charge is 0.494 e. The Hall–Kier alpha value is -2.80. The van der Waals surface area contributed by atoms with Crippen LogP contribution in [0.3, 0.4) is 0 Å². The van der Waals surface area contributed by atoms with Gasteiger partial charge in [-0.3, -0.25) is 0 Å². The summed E-state index contributed by atoms with van der Waals surface area (Å²) in [4.78, 5) is 30.7. The molecule has 13 heteroatoms. The number of amidine groups is 1. The summed E-state index contributed by atoms with van der Waals surface area (Å²) in [6.07, 6.45) is 0. The number of carbonyl (C=O) groups is 2. The number of aliphatic imine (C=N–C) groups is 1. The number of nitrogens with two attached hydrogens (primary N) is 1. The fourth-order valence-corrected chi connectivity index (χ4v) is 4.27. The Morgan fingerprint density at radius 2 is 1.35 bits per heavy atom. The van der Waals surface area contributed by atoms with Gasteiger partial charge in [0.2, 0.25) is 0 Å². The van der Waals surface area contributed by atoms with Gasteiger partial charge in [-0.05, 0) is 87.7 Å². The fourth-order valence-electron chi connectivity index (χ4n) is 4.27. The SMILES string of the molecule is CC(C)(C)OC(=O)C1(C(=O)OC(C)(C)C)OC(N)=NC(C)(c2cc(B3OC(C)(C)C(C)(C)O3)ccc2F)C1(F)F. The third kappa shape index (κ3) is 5.18. The minimum Gasteiger partial charge on any atom is -0.456 e. The van der Waals surface area contributed by atoms with Crippen LogP contribution >= 0.6 is 0 Å². The molecule has 0 saturated carbocycles. The van der Waals surface area contributed by atoms with Crippen molar-refractivity contribution in [3.05, 3.63) is 29.6 Å². The van der Waals surface area contributed by atoms with Gasteiger partial charge in [-0.1, -0.05) is 12.1 Å². The number of hydrogen-bond donors (Lipinski definition) is 1. The lowest BCUT2D eigenvalue weighted by Gasteiger charge is -2.47. The molecule has 3 rings (SSSR count). The molecule has 1 aromatic carbocycles. The normalized spacial score (nSPS) is 25.1. The summed E-state index contributed by atoms with van der Waals surface area (Å²) < 4.78 is 76.8. The van der Waals surface area contributed by atoms with Gasteiger partial charge < -0.3 is 29.3 Å². The highest BCUT2D eigenvalue weighted by Gasteiger charge is 2.80. The smallest absolute Gasteiger partial charge is 0.456 e. The van der Waals surface area contributed by atoms with Crippen molar-refractivity contribution in [3.63, 3.8) is 0 Å². The number of rotatable bonds is 4. The molecule has 0 aliphatic carbocycles. The van der Waals surface area contributed by atoms with Gasteiger partial charge in [-0.25, -0.2) is 19.0 Å². The molecule has 2 heterocycles. The zero-order chi connectivity index (χ0) is 30.9. The van der Waals surface area contributed by atoms with Crippen molar-refractivity contribution in [3.8, 4) is 0 Å². The molecule has 2 aliphatic heterocycles. The van der Waals surface area contributed by atoms with Crippen molar-refractivity contribution in [2.75, 3.05) is 0 Å². The second-order valence-electron chi connectivity index (χ2n) is 13.2. The van der Waals surface area contributed by atoms with Crippen LogP contribution in [-0.2, 0) is 38.6 Å². The topological polar surface area (TPSA) is 119 Å². The molecule has 0 amide bonds. The molecule has 222 valence electrons. The molecule has 0 spiro atoms. The van der Waals surface area contributed by atoms with Gasteiger partial charge in [-0.15, -0.1) is 0 Å². The van der Waals surface area contributed by atoms with Gasteiger partial charge in [0.1, 0.15) is 17.0 Å². The van der Waals surface area contributed by atoms with Crippen LogP contribution in [0, 0.1) is 5.82 Å². The predicted molar refractivity (Wildman–Crippen MR) is 142 cm³/mol. The van der Waals surface area contributed by atoms with Crippen LogP contribution < -0.4 is 11.2 Å². The molecular weight excluding hydrogens is 532 g/mol. The van der Waals surface area contributed by atoms with Gasteiger partial charge >= 0.3 is 30.6 Å². The standard InChI is InChI=1S/C27H38BF3N2O7/c1-21(2,3)36-18(34)26(19(35)37-22(4,5)6)27(30,31)25(11,33-20(32)38-26)16-14-15(12-13-17(16)29)28-39-23(7,8)24(9,10)40-28/h12-14H,1-11H3,(H2,32,33). The molecular formula is C27H38BF3N2O7. The van der Waals surface area contributed by atoms with Crippen molar-refractivity contribution < 1.29 is 46.3 Å². The second-order valence-corrected chi connectivity index (χ2v) is 13.2. The maximum Gasteiger partial charge on any atom is 0.494 e. The van der Waals surface area contributed by atoms with Gasteiger partial charge in [0.15, 0.2) is 5.54 Å². The van der Waals surface area contributed by atoms with Crippen molar-refractivity contribution >= 4 is 30.5 Å². The van der Waals surface area contributed by atoms with Crippen LogP contribution in [-0.4, -0.2) is 59.0 Å². The van der Waals surface area contributed by atoms with Crippen LogP contribution in [0.15, 0.2) is 23.2 Å². The average molecular weight is 570 g/mol. The van der Waals surface area contributed by atoms with E-state index in [9.17, 15) is 9.59 Å². The number of carbonyl (C=O) groups excluding carboxylic acids is 2. The van der Waals surface area contributed by atoms with Crippen molar-refractivity contribution in [1.29, 1.82) is 0 Å². The van der Waals surface area contributed by atoms with Crippen molar-refractivity contribution in [2.24, 2.45) is 10.7 Å². The van der Waals surface area contributed by atoms with E-state index in [2.05, 4.69) is 4.99 Å². The molecule has 40 heavy (non-hydrogen) atoms. The van der Waals surface area contributed by atoms with Gasteiger partial charge in [-0.2, -0.15) is 8.78 Å². The van der Waals surface area contributed by atoms with Crippen molar-refractivity contribution in [2.45, 2.75) is 116 Å². The monoisotopic (exact) mass is 570 g/mol. The Morgan fingerprint density at radius 3 is 1.77 bits per heavy atom. The number of ether oxygens (including phenoxy) is 3. The zero-order valence-electron chi connectivity index (χ0n) is 24.8. The Bertz CT molecular complexity index is 1190. The Labute approximate surface area is 233 Å². The van der Waals surface area contributed by atoms with E-state index in [1.165, 1.54) is 47.6 Å². The Kier molecular flexibility index (Phi) is 7.43. The summed E-state index contributed by atoms with van der Waals surface area (Å²) in [5, 5.41) is 0. The third-order valence-electron chi connectivity index (χ3n) is 7.06. The number of hydrogen-bond acceptors (Lipinski definition) is 9. The molecule has 1 aromatic rings. The molecule has 1 atom stereocenters. The molecule has 0 bridgehead atoms. The maximum absolute atomic E-state index is 16.9. The van der Waals surface area contributed by atoms with E-state index in [-0.39, 0.29) is 5.46 Å². The van der Waals surface area contributed by atoms with Crippen LogP contribution in [0.2, 0.25) is 0 Å². The van der Waals surface area contributed by atoms with E-state index in [0.29, 0.717) is 0 Å². The van der Waals surface area contributed by atoms with Crippen molar-refractivity contribution in [1.82, 2.24) is 0 Å². The van der Waals surface area contributed by atoms with Crippen LogP contribution in [0.25, 0.3) is 0 Å². The molecule has 0 aromatic heterocycles. The number of alkyl halides is 2. The minimum atomic E-state index is -4.59. The highest BCUT2D eigenvalue weighted by molar-refractivity contribution is 6.62. The quantitative estimate of drug-likeness (QED) is 0.331. The third-order valence-corrected chi connectivity index (χ3v) is 7.06. The van der Waals surface area contributed by atoms with E-state index in [4.69, 9.17) is 29.3 Å². The summed E-state index contributed by atoms with van der Waals surface area (Å²) in [7, 11) is -1.04. The summed E-state index contributed by atoms with van der Waals surface area (Å²) in [5.41, 5.74) is -5.56. The molecule has 2 N–H and O–H groups in total. The highest BCUT2D eigenvalue weighted by atomic mass is 19.3. The summed E-state index contributed by atoms with van der Waals surface area (Å²) in [6.45, 7) is 16.5. The van der Waals surface area contributed by atoms with E-state index in [1.807, 2.05) is 0 Å². The van der Waals surface area contributed by atoms with Crippen LogP contribution in [0.1, 0.15) is 81.7 Å². The van der Waals surface area contributed by atoms with E-state index in [0.717, 1.165) is 19.1 Å². The first-order valence-corrected chi connectivity index (χ1v) is 12.8. The number of benzene rings is 1. The zero-order valence-corrected chi connectivity index (χ0v) is 24.8. The summed E-state index contributed by atoms with van der Waals surface area (Å²) >= 11 is 0. The molecule has 9 nitrogen and oxygen atoms in total. The van der Waals surface area contributed by atoms with Crippen LogP contribution in [0.4, 0.5) is 13.2 Å². The summed E-state index contributed by atoms with van der Waals surface area (Å²) in [6, 6.07) is 2.39. The van der Waals surface area contributed by atoms with Gasteiger partial charge in [0.05, 0.1) is 11.2 Å². The highest BCUT2D eigenvalue weighted by Crippen LogP contribution is 2.53. The lowest BCUT2D eigenvalue weighted by molar-refractivity contribution is -0.250. The Balaban J connectivity index is 2.26. The predicted octanol–water partition coefficient (Wildman–Crippen LogP) is 3.74. The minimum absolute atomic E-state index is 0.201. The maximum atomic E-state index is 16.9. The molecule has 1 saturated heterocycles. The number of nitrogens with zero attached hydrogens (tertiary/aromatic N) is 1. The summed E-state index contributed by atoms with van der Waals surface area (Å²) in [5.74, 6) is -9.25. The van der Waals surface area contributed by atoms with E-state index < -0.39 is 75.9 Å². The second kappa shape index (κ2) is 9.37. The van der Waals surface area contributed by atoms with Crippen LogP contribution in [0.5, 0.6) is 0 Å².